The summed E-state index contributed by atoms with van der Waals surface area (Å²) in [4.78, 5) is 4.06. The molecule has 0 bridgehead atoms. The number of hydrogen-bond donors (Lipinski definition) is 1. The van der Waals surface area contributed by atoms with Gasteiger partial charge in [-0.3, -0.25) is 0 Å². The lowest BCUT2D eigenvalue weighted by atomic mass is 10.3. The molecule has 2 rings (SSSR count). The summed E-state index contributed by atoms with van der Waals surface area (Å²) >= 11 is 3.27. The van der Waals surface area contributed by atoms with Gasteiger partial charge in [0.1, 0.15) is 11.6 Å². The van der Waals surface area contributed by atoms with Crippen LogP contribution in [-0.4, -0.2) is 4.98 Å². The number of ether oxygens (including phenoxy) is 1. The molecule has 0 saturated heterocycles. The topological polar surface area (TPSA) is 48.1 Å². The van der Waals surface area contributed by atoms with E-state index in [1.165, 1.54) is 12.1 Å². The smallest absolute Gasteiger partial charge is 0.221 e. The Morgan fingerprint density at radius 1 is 1.35 bits per heavy atom. The van der Waals surface area contributed by atoms with Crippen molar-refractivity contribution in [3.8, 4) is 11.6 Å². The van der Waals surface area contributed by atoms with Gasteiger partial charge in [-0.1, -0.05) is 0 Å². The van der Waals surface area contributed by atoms with Crippen molar-refractivity contribution >= 4 is 21.6 Å². The highest BCUT2D eigenvalue weighted by Gasteiger charge is 2.06. The molecule has 5 heteroatoms. The van der Waals surface area contributed by atoms with E-state index in [1.807, 2.05) is 6.92 Å². The van der Waals surface area contributed by atoms with Gasteiger partial charge in [-0.25, -0.2) is 9.37 Å². The number of rotatable bonds is 2. The number of nitrogens with zero attached hydrogens (tertiary/aromatic N) is 1. The molecule has 0 radical (unpaired) electrons. The van der Waals surface area contributed by atoms with Crippen molar-refractivity contribution in [3.63, 3.8) is 0 Å². The minimum absolute atomic E-state index is 0.333. The van der Waals surface area contributed by atoms with Crippen LogP contribution < -0.4 is 10.5 Å². The Labute approximate surface area is 107 Å². The van der Waals surface area contributed by atoms with E-state index in [2.05, 4.69) is 20.9 Å². The Bertz CT molecular complexity index is 560. The van der Waals surface area contributed by atoms with E-state index in [1.54, 1.807) is 18.3 Å². The van der Waals surface area contributed by atoms with Crippen LogP contribution in [0.3, 0.4) is 0 Å². The molecule has 2 aromatic rings. The number of hydrogen-bond acceptors (Lipinski definition) is 3. The van der Waals surface area contributed by atoms with Gasteiger partial charge in [-0.15, -0.1) is 0 Å². The highest BCUT2D eigenvalue weighted by molar-refractivity contribution is 9.10. The zero-order chi connectivity index (χ0) is 12.4. The normalized spacial score (nSPS) is 10.3. The van der Waals surface area contributed by atoms with Crippen molar-refractivity contribution in [1.29, 1.82) is 0 Å². The maximum atomic E-state index is 13.0. The van der Waals surface area contributed by atoms with Gasteiger partial charge in [-0.05, 0) is 40.5 Å². The Morgan fingerprint density at radius 2 is 2.12 bits per heavy atom. The lowest BCUT2D eigenvalue weighted by molar-refractivity contribution is 0.455. The van der Waals surface area contributed by atoms with Crippen molar-refractivity contribution in [2.24, 2.45) is 0 Å². The van der Waals surface area contributed by atoms with Crippen LogP contribution in [0.4, 0.5) is 10.1 Å². The van der Waals surface area contributed by atoms with E-state index in [9.17, 15) is 4.39 Å². The largest absolute Gasteiger partial charge is 0.438 e. The number of anilines is 1. The average Bonchev–Trinajstić information content (AvgIpc) is 2.29. The molecule has 1 heterocycles. The van der Waals surface area contributed by atoms with Crippen LogP contribution in [0.2, 0.25) is 0 Å². The van der Waals surface area contributed by atoms with E-state index in [4.69, 9.17) is 10.5 Å². The van der Waals surface area contributed by atoms with Crippen molar-refractivity contribution in [3.05, 3.63) is 46.3 Å². The third-order valence-corrected chi connectivity index (χ3v) is 2.88. The maximum absolute atomic E-state index is 13.0. The minimum atomic E-state index is -0.372. The Morgan fingerprint density at radius 3 is 2.82 bits per heavy atom. The van der Waals surface area contributed by atoms with Crippen molar-refractivity contribution < 1.29 is 9.13 Å². The lowest BCUT2D eigenvalue weighted by Crippen LogP contribution is -1.94. The maximum Gasteiger partial charge on any atom is 0.221 e. The molecule has 0 aliphatic carbocycles. The fraction of sp³-hybridized carbons (Fsp3) is 0.0833. The molecule has 0 amide bonds. The van der Waals surface area contributed by atoms with Gasteiger partial charge < -0.3 is 10.5 Å². The van der Waals surface area contributed by atoms with E-state index in [0.717, 1.165) is 5.56 Å². The van der Waals surface area contributed by atoms with Crippen molar-refractivity contribution in [1.82, 2.24) is 4.98 Å². The number of nitrogens with two attached hydrogens (primary N) is 1. The highest BCUT2D eigenvalue weighted by Crippen LogP contribution is 2.30. The summed E-state index contributed by atoms with van der Waals surface area (Å²) < 4.78 is 19.1. The molecule has 2 N–H and O–H groups in total. The van der Waals surface area contributed by atoms with E-state index in [-0.39, 0.29) is 5.82 Å². The van der Waals surface area contributed by atoms with Crippen molar-refractivity contribution in [2.75, 3.05) is 5.73 Å². The van der Waals surface area contributed by atoms with Crippen LogP contribution >= 0.6 is 15.9 Å². The summed E-state index contributed by atoms with van der Waals surface area (Å²) in [5.41, 5.74) is 7.19. The quantitative estimate of drug-likeness (QED) is 0.920. The van der Waals surface area contributed by atoms with E-state index in [0.29, 0.717) is 21.8 Å². The van der Waals surface area contributed by atoms with Crippen LogP contribution in [0, 0.1) is 12.7 Å². The summed E-state index contributed by atoms with van der Waals surface area (Å²) in [5.74, 6) is 0.323. The molecule has 17 heavy (non-hydrogen) atoms. The highest BCUT2D eigenvalue weighted by atomic mass is 79.9. The number of pyridine rings is 1. The van der Waals surface area contributed by atoms with Gasteiger partial charge in [0, 0.05) is 24.0 Å². The number of nitrogen functional groups attached to an aromatic ring is 1. The monoisotopic (exact) mass is 296 g/mol. The second-order valence-electron chi connectivity index (χ2n) is 3.56. The predicted molar refractivity (Wildman–Crippen MR) is 67.6 cm³/mol. The van der Waals surface area contributed by atoms with E-state index < -0.39 is 0 Å². The molecular weight excluding hydrogens is 287 g/mol. The molecule has 1 aromatic heterocycles. The number of benzene rings is 1. The van der Waals surface area contributed by atoms with Crippen LogP contribution in [0.5, 0.6) is 11.6 Å². The van der Waals surface area contributed by atoms with Crippen LogP contribution in [0.25, 0.3) is 0 Å². The number of aromatic nitrogens is 1. The summed E-state index contributed by atoms with van der Waals surface area (Å²) in [6.45, 7) is 1.85. The Kier molecular flexibility index (Phi) is 3.28. The molecule has 1 aromatic carbocycles. The van der Waals surface area contributed by atoms with Crippen LogP contribution in [-0.2, 0) is 0 Å². The molecule has 0 aliphatic rings. The first-order chi connectivity index (χ1) is 8.06. The fourth-order valence-electron chi connectivity index (χ4n) is 1.24. The van der Waals surface area contributed by atoms with Crippen LogP contribution in [0.1, 0.15) is 5.56 Å². The first kappa shape index (κ1) is 11.9. The lowest BCUT2D eigenvalue weighted by Gasteiger charge is -2.08. The summed E-state index contributed by atoms with van der Waals surface area (Å²) in [6.07, 6.45) is 1.61. The zero-order valence-electron chi connectivity index (χ0n) is 9.08. The zero-order valence-corrected chi connectivity index (χ0v) is 10.7. The molecular formula is C12H10BrFN2O. The second kappa shape index (κ2) is 4.71. The third kappa shape index (κ3) is 2.74. The summed E-state index contributed by atoms with van der Waals surface area (Å²) in [5, 5.41) is 0. The second-order valence-corrected chi connectivity index (χ2v) is 4.41. The predicted octanol–water partition coefficient (Wildman–Crippen LogP) is 3.67. The molecule has 0 unspecified atom stereocenters. The van der Waals surface area contributed by atoms with Gasteiger partial charge in [0.05, 0.1) is 4.47 Å². The van der Waals surface area contributed by atoms with Gasteiger partial charge in [0.25, 0.3) is 0 Å². The Balaban J connectivity index is 2.31. The van der Waals surface area contributed by atoms with Crippen molar-refractivity contribution in [2.45, 2.75) is 6.92 Å². The van der Waals surface area contributed by atoms with Crippen LogP contribution in [0.15, 0.2) is 34.9 Å². The summed E-state index contributed by atoms with van der Waals surface area (Å²) in [7, 11) is 0. The molecule has 3 nitrogen and oxygen atoms in total. The molecule has 0 atom stereocenters. The first-order valence-corrected chi connectivity index (χ1v) is 5.70. The molecule has 0 saturated carbocycles. The molecule has 0 spiro atoms. The third-order valence-electron chi connectivity index (χ3n) is 2.23. The fourth-order valence-corrected chi connectivity index (χ4v) is 1.57. The SMILES string of the molecule is Cc1cnc(Oc2cc(F)ccc2Br)cc1N. The summed E-state index contributed by atoms with van der Waals surface area (Å²) in [6, 6.07) is 5.80. The molecule has 0 aliphatic heterocycles. The number of halogens is 2. The van der Waals surface area contributed by atoms with Gasteiger partial charge in [-0.2, -0.15) is 0 Å². The standard InChI is InChI=1S/C12H10BrFN2O/c1-7-6-16-12(5-10(7)15)17-11-4-8(14)2-3-9(11)13/h2-6H,1H3,(H2,15,16). The Hall–Kier alpha value is -1.62. The van der Waals surface area contributed by atoms with Gasteiger partial charge >= 0.3 is 0 Å². The molecule has 0 fully saturated rings. The molecule has 88 valence electrons. The first-order valence-electron chi connectivity index (χ1n) is 4.91. The number of aryl methyl sites for hydroxylation is 1. The van der Waals surface area contributed by atoms with E-state index >= 15 is 0 Å². The minimum Gasteiger partial charge on any atom is -0.438 e. The van der Waals surface area contributed by atoms with Gasteiger partial charge in [0.2, 0.25) is 5.88 Å². The average molecular weight is 297 g/mol. The van der Waals surface area contributed by atoms with Gasteiger partial charge in [0.15, 0.2) is 0 Å².